The zero-order valence-electron chi connectivity index (χ0n) is 16.8. The largest absolute Gasteiger partial charge is 0.443 e. The van der Waals surface area contributed by atoms with Gasteiger partial charge in [0.05, 0.1) is 30.0 Å². The van der Waals surface area contributed by atoms with Gasteiger partial charge in [0.2, 0.25) is 0 Å². The van der Waals surface area contributed by atoms with Crippen LogP contribution in [-0.4, -0.2) is 62.4 Å². The van der Waals surface area contributed by atoms with Crippen LogP contribution in [0.15, 0.2) is 42.5 Å². The van der Waals surface area contributed by atoms with Gasteiger partial charge < -0.3 is 15.4 Å². The average Bonchev–Trinajstić information content (AvgIpc) is 2.98. The Kier molecular flexibility index (Phi) is 6.01. The van der Waals surface area contributed by atoms with Gasteiger partial charge in [0.1, 0.15) is 17.7 Å². The number of nitrogens with zero attached hydrogens (tertiary/aromatic N) is 3. The maximum Gasteiger partial charge on any atom is 0.414 e. The van der Waals surface area contributed by atoms with Crippen LogP contribution in [0.3, 0.4) is 0 Å². The third-order valence-electron chi connectivity index (χ3n) is 5.35. The maximum absolute atomic E-state index is 14.9. The Labute approximate surface area is 178 Å². The van der Waals surface area contributed by atoms with Crippen molar-refractivity contribution in [1.29, 1.82) is 0 Å². The first-order chi connectivity index (χ1) is 15.0. The van der Waals surface area contributed by atoms with Crippen molar-refractivity contribution in [3.8, 4) is 0 Å². The smallest absolute Gasteiger partial charge is 0.414 e. The molecule has 2 aliphatic heterocycles. The van der Waals surface area contributed by atoms with E-state index in [2.05, 4.69) is 5.43 Å². The summed E-state index contributed by atoms with van der Waals surface area (Å²) < 4.78 is 34.0. The zero-order valence-corrected chi connectivity index (χ0v) is 16.8. The second kappa shape index (κ2) is 8.86. The molecule has 8 nitrogen and oxygen atoms in total. The molecular formula is C21H23F2N5O3. The van der Waals surface area contributed by atoms with Crippen LogP contribution in [0.1, 0.15) is 10.4 Å². The van der Waals surface area contributed by atoms with E-state index in [1.54, 1.807) is 23.1 Å². The Balaban J connectivity index is 1.45. The molecule has 2 amide bonds. The van der Waals surface area contributed by atoms with Gasteiger partial charge in [-0.3, -0.25) is 14.7 Å². The van der Waals surface area contributed by atoms with E-state index in [9.17, 15) is 18.4 Å². The molecule has 3 N–H and O–H groups in total. The molecule has 0 aromatic heterocycles. The van der Waals surface area contributed by atoms with Crippen molar-refractivity contribution in [2.75, 3.05) is 49.1 Å². The monoisotopic (exact) mass is 431 g/mol. The number of hydrogen-bond acceptors (Lipinski definition) is 6. The summed E-state index contributed by atoms with van der Waals surface area (Å²) in [5, 5.41) is 1.35. The lowest BCUT2D eigenvalue weighted by atomic mass is 10.2. The summed E-state index contributed by atoms with van der Waals surface area (Å²) >= 11 is 0. The molecule has 0 aliphatic carbocycles. The second-order valence-corrected chi connectivity index (χ2v) is 7.32. The molecule has 2 fully saturated rings. The molecule has 2 aromatic carbocycles. The summed E-state index contributed by atoms with van der Waals surface area (Å²) in [4.78, 5) is 27.7. The third-order valence-corrected chi connectivity index (χ3v) is 5.35. The van der Waals surface area contributed by atoms with Crippen molar-refractivity contribution in [1.82, 2.24) is 10.4 Å². The van der Waals surface area contributed by atoms with Crippen LogP contribution in [0.25, 0.3) is 0 Å². The van der Waals surface area contributed by atoms with Crippen LogP contribution >= 0.6 is 0 Å². The van der Waals surface area contributed by atoms with E-state index < -0.39 is 29.7 Å². The summed E-state index contributed by atoms with van der Waals surface area (Å²) in [6, 6.07) is 10.3. The van der Waals surface area contributed by atoms with Crippen molar-refractivity contribution in [2.24, 2.45) is 5.73 Å². The summed E-state index contributed by atoms with van der Waals surface area (Å²) in [5.74, 6) is -1.55. The summed E-state index contributed by atoms with van der Waals surface area (Å²) in [7, 11) is 0. The Morgan fingerprint density at radius 2 is 1.94 bits per heavy atom. The molecular weight excluding hydrogens is 408 g/mol. The van der Waals surface area contributed by atoms with Gasteiger partial charge in [-0.15, -0.1) is 0 Å². The molecule has 4 rings (SSSR count). The van der Waals surface area contributed by atoms with Crippen LogP contribution in [0.5, 0.6) is 0 Å². The molecule has 0 saturated carbocycles. The standard InChI is InChI=1S/C21H23F2N5O3/c22-17-4-2-1-3-16(17)20(29)28-10-9-26(8-7-25-28)19-6-5-14(11-18(19)23)27-13-15(12-24)31-21(27)30/h1-6,11,15,25H,7-10,12-13,24H2/t15-/m0/s1. The number of nitrogens with two attached hydrogens (primary N) is 1. The molecule has 0 unspecified atom stereocenters. The summed E-state index contributed by atoms with van der Waals surface area (Å²) in [6.07, 6.45) is -0.964. The number of hydrogen-bond donors (Lipinski definition) is 2. The van der Waals surface area contributed by atoms with Crippen LogP contribution in [0.2, 0.25) is 0 Å². The molecule has 2 aliphatic rings. The highest BCUT2D eigenvalue weighted by Crippen LogP contribution is 2.28. The van der Waals surface area contributed by atoms with Gasteiger partial charge in [0.25, 0.3) is 5.91 Å². The van der Waals surface area contributed by atoms with Gasteiger partial charge in [-0.25, -0.2) is 19.0 Å². The Bertz CT molecular complexity index is 989. The molecule has 2 heterocycles. The van der Waals surface area contributed by atoms with E-state index in [-0.39, 0.29) is 25.2 Å². The van der Waals surface area contributed by atoms with E-state index in [1.165, 1.54) is 34.2 Å². The van der Waals surface area contributed by atoms with E-state index in [1.807, 2.05) is 0 Å². The fourth-order valence-electron chi connectivity index (χ4n) is 3.70. The number of carbonyl (C=O) groups is 2. The minimum atomic E-state index is -0.589. The van der Waals surface area contributed by atoms with Crippen LogP contribution < -0.4 is 21.0 Å². The van der Waals surface area contributed by atoms with Crippen LogP contribution in [0.4, 0.5) is 25.0 Å². The maximum atomic E-state index is 14.9. The van der Waals surface area contributed by atoms with E-state index >= 15 is 0 Å². The number of cyclic esters (lactones) is 1. The van der Waals surface area contributed by atoms with Gasteiger partial charge >= 0.3 is 6.09 Å². The lowest BCUT2D eigenvalue weighted by Crippen LogP contribution is -2.44. The number of benzene rings is 2. The summed E-state index contributed by atoms with van der Waals surface area (Å²) in [5.41, 5.74) is 9.24. The van der Waals surface area contributed by atoms with E-state index in [0.717, 1.165) is 0 Å². The van der Waals surface area contributed by atoms with Crippen LogP contribution in [-0.2, 0) is 4.74 Å². The molecule has 0 radical (unpaired) electrons. The SMILES string of the molecule is NC[C@H]1CN(c2ccc(N3CCNN(C(=O)c4ccccc4F)CC3)c(F)c2)C(=O)O1. The summed E-state index contributed by atoms with van der Waals surface area (Å²) in [6.45, 7) is 1.88. The van der Waals surface area contributed by atoms with Crippen molar-refractivity contribution < 1.29 is 23.1 Å². The molecule has 164 valence electrons. The normalized spacial score (nSPS) is 19.4. The van der Waals surface area contributed by atoms with Crippen molar-refractivity contribution >= 4 is 23.4 Å². The first-order valence-corrected chi connectivity index (χ1v) is 10.0. The number of carbonyl (C=O) groups excluding carboxylic acids is 2. The van der Waals surface area contributed by atoms with E-state index in [0.29, 0.717) is 31.0 Å². The first-order valence-electron chi connectivity index (χ1n) is 10.0. The predicted octanol–water partition coefficient (Wildman–Crippen LogP) is 1.72. The molecule has 0 bridgehead atoms. The molecule has 2 saturated heterocycles. The average molecular weight is 431 g/mol. The number of ether oxygens (including phenoxy) is 1. The van der Waals surface area contributed by atoms with Crippen LogP contribution in [0, 0.1) is 11.6 Å². The zero-order chi connectivity index (χ0) is 22.0. The second-order valence-electron chi connectivity index (χ2n) is 7.32. The molecule has 0 spiro atoms. The minimum Gasteiger partial charge on any atom is -0.443 e. The Morgan fingerprint density at radius 1 is 1.13 bits per heavy atom. The topological polar surface area (TPSA) is 91.1 Å². The highest BCUT2D eigenvalue weighted by Gasteiger charge is 2.32. The lowest BCUT2D eigenvalue weighted by Gasteiger charge is -2.24. The van der Waals surface area contributed by atoms with Crippen molar-refractivity contribution in [2.45, 2.75) is 6.10 Å². The van der Waals surface area contributed by atoms with Gasteiger partial charge in [-0.05, 0) is 30.3 Å². The number of halogens is 2. The fraction of sp³-hybridized carbons (Fsp3) is 0.333. The third kappa shape index (κ3) is 4.30. The fourth-order valence-corrected chi connectivity index (χ4v) is 3.70. The molecule has 2 aromatic rings. The van der Waals surface area contributed by atoms with Gasteiger partial charge in [-0.1, -0.05) is 12.1 Å². The van der Waals surface area contributed by atoms with Gasteiger partial charge in [0.15, 0.2) is 0 Å². The van der Waals surface area contributed by atoms with Crippen molar-refractivity contribution in [3.05, 3.63) is 59.7 Å². The molecule has 10 heteroatoms. The molecule has 1 atom stereocenters. The quantitative estimate of drug-likeness (QED) is 0.766. The highest BCUT2D eigenvalue weighted by molar-refractivity contribution is 5.94. The number of nitrogens with one attached hydrogen (secondary N) is 1. The number of hydrazine groups is 1. The van der Waals surface area contributed by atoms with Crippen molar-refractivity contribution in [3.63, 3.8) is 0 Å². The van der Waals surface area contributed by atoms with Gasteiger partial charge in [0, 0.05) is 26.2 Å². The predicted molar refractivity (Wildman–Crippen MR) is 111 cm³/mol. The highest BCUT2D eigenvalue weighted by atomic mass is 19.1. The number of rotatable bonds is 4. The minimum absolute atomic E-state index is 0.0210. The first kappa shape index (κ1) is 21.0. The number of anilines is 2. The van der Waals surface area contributed by atoms with E-state index in [4.69, 9.17) is 10.5 Å². The number of amides is 2. The Morgan fingerprint density at radius 3 is 2.65 bits per heavy atom. The Hall–Kier alpha value is -3.24. The lowest BCUT2D eigenvalue weighted by molar-refractivity contribution is 0.0676. The molecule has 31 heavy (non-hydrogen) atoms. The van der Waals surface area contributed by atoms with Gasteiger partial charge in [-0.2, -0.15) is 0 Å².